The van der Waals surface area contributed by atoms with Gasteiger partial charge in [0.05, 0.1) is 13.5 Å². The van der Waals surface area contributed by atoms with E-state index in [1.165, 1.54) is 18.1 Å². The summed E-state index contributed by atoms with van der Waals surface area (Å²) in [5.41, 5.74) is 0. The van der Waals surface area contributed by atoms with E-state index in [4.69, 9.17) is 9.15 Å². The van der Waals surface area contributed by atoms with Gasteiger partial charge in [-0.25, -0.2) is 4.98 Å². The fourth-order valence-corrected chi connectivity index (χ4v) is 2.81. The molecule has 0 fully saturated rings. The average molecular weight is 343 g/mol. The second-order valence-corrected chi connectivity index (χ2v) is 5.84. The minimum Gasteiger partial charge on any atom is -0.497 e. The molecule has 1 N–H and O–H groups in total. The molecule has 0 aliphatic heterocycles. The zero-order valence-corrected chi connectivity index (χ0v) is 13.5. The molecule has 1 aromatic carbocycles. The Morgan fingerprint density at radius 1 is 1.29 bits per heavy atom. The van der Waals surface area contributed by atoms with Gasteiger partial charge < -0.3 is 9.15 Å². The Labute approximate surface area is 141 Å². The maximum absolute atomic E-state index is 11.9. The van der Waals surface area contributed by atoms with Crippen LogP contribution in [-0.4, -0.2) is 33.9 Å². The summed E-state index contributed by atoms with van der Waals surface area (Å²) < 4.78 is 10.8. The van der Waals surface area contributed by atoms with Crippen molar-refractivity contribution in [1.29, 1.82) is 0 Å². The number of methoxy groups -OCH3 is 1. The molecule has 0 unspecified atom stereocenters. The first kappa shape index (κ1) is 16.0. The lowest BCUT2D eigenvalue weighted by molar-refractivity contribution is -0.114. The predicted molar refractivity (Wildman–Crippen MR) is 85.2 cm³/mol. The number of furan rings is 1. The van der Waals surface area contributed by atoms with Gasteiger partial charge in [0.2, 0.25) is 5.78 Å². The summed E-state index contributed by atoms with van der Waals surface area (Å²) in [6.45, 7) is 0. The number of carbonyl (C=O) groups excluding carboxylic acids is 2. The minimum atomic E-state index is -0.717. The molecular formula is C16H13N3O4S. The Morgan fingerprint density at radius 3 is 2.92 bits per heavy atom. The molecule has 0 atom stereocenters. The number of rotatable bonds is 7. The summed E-state index contributed by atoms with van der Waals surface area (Å²) in [6.07, 6.45) is 1.05. The van der Waals surface area contributed by atoms with Gasteiger partial charge >= 0.3 is 0 Å². The third-order valence-electron chi connectivity index (χ3n) is 3.11. The van der Waals surface area contributed by atoms with E-state index < -0.39 is 11.6 Å². The Kier molecular flexibility index (Phi) is 4.76. The van der Waals surface area contributed by atoms with Gasteiger partial charge in [-0.15, -0.1) is 0 Å². The molecule has 122 valence electrons. The van der Waals surface area contributed by atoms with Gasteiger partial charge in [0.25, 0.3) is 5.78 Å². The maximum Gasteiger partial charge on any atom is 0.265 e. The first-order chi connectivity index (χ1) is 11.7. The standard InChI is InChI=1S/C16H13N3O4S/c1-22-10-3-2-4-12(7-10)24-14-6-5-11(23-14)8-13(20)15(21)16-17-9-18-19-16/h2-7,9H,8H2,1H3,(H,17,18,19). The fourth-order valence-electron chi connectivity index (χ4n) is 1.97. The van der Waals surface area contributed by atoms with Gasteiger partial charge in [-0.1, -0.05) is 17.8 Å². The molecule has 2 aromatic heterocycles. The summed E-state index contributed by atoms with van der Waals surface area (Å²) in [5.74, 6) is -0.236. The van der Waals surface area contributed by atoms with Crippen molar-refractivity contribution in [2.24, 2.45) is 0 Å². The number of H-pyrrole nitrogens is 1. The number of ether oxygens (including phenoxy) is 1. The molecule has 0 spiro atoms. The van der Waals surface area contributed by atoms with Crippen molar-refractivity contribution in [2.45, 2.75) is 16.4 Å². The lowest BCUT2D eigenvalue weighted by Crippen LogP contribution is -2.17. The zero-order valence-electron chi connectivity index (χ0n) is 12.7. The topological polar surface area (TPSA) is 98.1 Å². The number of hydrogen-bond donors (Lipinski definition) is 1. The highest BCUT2D eigenvalue weighted by Gasteiger charge is 2.20. The van der Waals surface area contributed by atoms with E-state index in [-0.39, 0.29) is 12.2 Å². The van der Waals surface area contributed by atoms with Gasteiger partial charge in [0.15, 0.2) is 10.9 Å². The lowest BCUT2D eigenvalue weighted by atomic mass is 10.1. The van der Waals surface area contributed by atoms with Crippen LogP contribution in [-0.2, 0) is 11.2 Å². The molecule has 7 nitrogen and oxygen atoms in total. The van der Waals surface area contributed by atoms with Gasteiger partial charge in [0, 0.05) is 4.90 Å². The Bertz CT molecular complexity index is 858. The van der Waals surface area contributed by atoms with Crippen LogP contribution in [0, 0.1) is 0 Å². The first-order valence-corrected chi connectivity index (χ1v) is 7.81. The second kappa shape index (κ2) is 7.14. The van der Waals surface area contributed by atoms with Crippen LogP contribution >= 0.6 is 11.8 Å². The SMILES string of the molecule is COc1cccc(Sc2ccc(CC(=O)C(=O)c3ncn[nH]3)o2)c1. The molecule has 0 amide bonds. The number of nitrogens with one attached hydrogen (secondary N) is 1. The fraction of sp³-hybridized carbons (Fsp3) is 0.125. The van der Waals surface area contributed by atoms with Crippen molar-refractivity contribution in [2.75, 3.05) is 7.11 Å². The smallest absolute Gasteiger partial charge is 0.265 e. The maximum atomic E-state index is 11.9. The van der Waals surface area contributed by atoms with Crippen molar-refractivity contribution < 1.29 is 18.7 Å². The van der Waals surface area contributed by atoms with E-state index in [9.17, 15) is 9.59 Å². The Morgan fingerprint density at radius 2 is 2.17 bits per heavy atom. The van der Waals surface area contributed by atoms with E-state index in [0.717, 1.165) is 10.6 Å². The minimum absolute atomic E-state index is 0.0717. The molecular weight excluding hydrogens is 330 g/mol. The number of carbonyl (C=O) groups is 2. The van der Waals surface area contributed by atoms with Crippen LogP contribution in [0.4, 0.5) is 0 Å². The number of aromatic amines is 1. The molecule has 0 bridgehead atoms. The number of aromatic nitrogens is 3. The summed E-state index contributed by atoms with van der Waals surface area (Å²) in [7, 11) is 1.60. The van der Waals surface area contributed by atoms with Crippen LogP contribution in [0.25, 0.3) is 0 Å². The highest BCUT2D eigenvalue weighted by molar-refractivity contribution is 7.99. The quantitative estimate of drug-likeness (QED) is 0.520. The van der Waals surface area contributed by atoms with Crippen LogP contribution in [0.2, 0.25) is 0 Å². The Balaban J connectivity index is 1.65. The largest absolute Gasteiger partial charge is 0.497 e. The molecule has 8 heteroatoms. The number of Topliss-reactive ketones (excluding diaryl/α,β-unsaturated/α-hetero) is 2. The molecule has 3 aromatic rings. The average Bonchev–Trinajstić information content (AvgIpc) is 3.26. The van der Waals surface area contributed by atoms with E-state index in [1.54, 1.807) is 19.2 Å². The van der Waals surface area contributed by atoms with Gasteiger partial charge in [-0.3, -0.25) is 14.7 Å². The van der Waals surface area contributed by atoms with Crippen LogP contribution in [0.1, 0.15) is 16.4 Å². The highest BCUT2D eigenvalue weighted by Crippen LogP contribution is 2.31. The first-order valence-electron chi connectivity index (χ1n) is 6.99. The molecule has 24 heavy (non-hydrogen) atoms. The number of ketones is 2. The zero-order chi connectivity index (χ0) is 16.9. The van der Waals surface area contributed by atoms with Crippen LogP contribution in [0.15, 0.2) is 57.1 Å². The van der Waals surface area contributed by atoms with Crippen molar-refractivity contribution in [3.8, 4) is 5.75 Å². The Hall–Kier alpha value is -2.87. The molecule has 0 saturated carbocycles. The van der Waals surface area contributed by atoms with Gasteiger partial charge in [-0.05, 0) is 30.3 Å². The normalized spacial score (nSPS) is 10.5. The van der Waals surface area contributed by atoms with E-state index in [1.807, 2.05) is 24.3 Å². The van der Waals surface area contributed by atoms with Crippen LogP contribution in [0.3, 0.4) is 0 Å². The summed E-state index contributed by atoms with van der Waals surface area (Å²) in [5, 5.41) is 6.55. The number of hydrogen-bond acceptors (Lipinski definition) is 7. The van der Waals surface area contributed by atoms with Gasteiger partial charge in [-0.2, -0.15) is 5.10 Å². The van der Waals surface area contributed by atoms with Crippen LogP contribution < -0.4 is 4.74 Å². The predicted octanol–water partition coefficient (Wildman–Crippen LogP) is 2.55. The highest BCUT2D eigenvalue weighted by atomic mass is 32.2. The number of benzene rings is 1. The van der Waals surface area contributed by atoms with Crippen LogP contribution in [0.5, 0.6) is 5.75 Å². The van der Waals surface area contributed by atoms with Crippen molar-refractivity contribution in [3.05, 3.63) is 54.3 Å². The molecule has 0 aliphatic carbocycles. The molecule has 0 saturated heterocycles. The number of nitrogens with zero attached hydrogens (tertiary/aromatic N) is 2. The lowest BCUT2D eigenvalue weighted by Gasteiger charge is -2.02. The van der Waals surface area contributed by atoms with E-state index in [0.29, 0.717) is 10.9 Å². The summed E-state index contributed by atoms with van der Waals surface area (Å²) in [6, 6.07) is 11.0. The third-order valence-corrected chi connectivity index (χ3v) is 4.03. The summed E-state index contributed by atoms with van der Waals surface area (Å²) in [4.78, 5) is 28.4. The molecule has 2 heterocycles. The third kappa shape index (κ3) is 3.72. The molecule has 0 radical (unpaired) electrons. The molecule has 3 rings (SSSR count). The van der Waals surface area contributed by atoms with E-state index >= 15 is 0 Å². The van der Waals surface area contributed by atoms with Crippen molar-refractivity contribution in [1.82, 2.24) is 15.2 Å². The van der Waals surface area contributed by atoms with Crippen molar-refractivity contribution >= 4 is 23.3 Å². The molecule has 0 aliphatic rings. The van der Waals surface area contributed by atoms with Crippen molar-refractivity contribution in [3.63, 3.8) is 0 Å². The summed E-state index contributed by atoms with van der Waals surface area (Å²) >= 11 is 1.40. The second-order valence-electron chi connectivity index (χ2n) is 4.76. The monoisotopic (exact) mass is 343 g/mol. The van der Waals surface area contributed by atoms with E-state index in [2.05, 4.69) is 15.2 Å². The van der Waals surface area contributed by atoms with Gasteiger partial charge in [0.1, 0.15) is 17.8 Å².